The Kier molecular flexibility index (Phi) is 5.74. The van der Waals surface area contributed by atoms with Crippen molar-refractivity contribution in [3.05, 3.63) is 69.9 Å². The van der Waals surface area contributed by atoms with Gasteiger partial charge in [0.15, 0.2) is 0 Å². The molecule has 3 aromatic rings. The van der Waals surface area contributed by atoms with Gasteiger partial charge >= 0.3 is 6.03 Å². The van der Waals surface area contributed by atoms with E-state index < -0.39 is 0 Å². The van der Waals surface area contributed by atoms with Crippen molar-refractivity contribution in [3.63, 3.8) is 0 Å². The highest BCUT2D eigenvalue weighted by Crippen LogP contribution is 2.35. The smallest absolute Gasteiger partial charge is 0.319 e. The second-order valence-corrected chi connectivity index (χ2v) is 8.64. The number of likely N-dealkylation sites (N-methyl/N-ethyl adjacent to an activating group) is 1. The van der Waals surface area contributed by atoms with Crippen molar-refractivity contribution in [1.29, 1.82) is 0 Å². The molecule has 4 rings (SSSR count). The molecule has 2 aromatic heterocycles. The van der Waals surface area contributed by atoms with Gasteiger partial charge in [0.2, 0.25) is 0 Å². The molecule has 1 aliphatic heterocycles. The van der Waals surface area contributed by atoms with Gasteiger partial charge in [-0.05, 0) is 61.7 Å². The van der Waals surface area contributed by atoms with Gasteiger partial charge in [0.25, 0.3) is 0 Å². The number of urea groups is 1. The number of rotatable bonds is 5. The molecule has 3 heterocycles. The zero-order chi connectivity index (χ0) is 20.4. The first-order chi connectivity index (χ1) is 14.1. The van der Waals surface area contributed by atoms with Crippen LogP contribution in [0.25, 0.3) is 5.00 Å². The average molecular weight is 409 g/mol. The van der Waals surface area contributed by atoms with Crippen molar-refractivity contribution < 1.29 is 4.79 Å². The fourth-order valence-electron chi connectivity index (χ4n) is 3.86. The Morgan fingerprint density at radius 2 is 1.97 bits per heavy atom. The van der Waals surface area contributed by atoms with Crippen LogP contribution in [-0.2, 0) is 19.5 Å². The summed E-state index contributed by atoms with van der Waals surface area (Å²) in [6.07, 6.45) is 5.19. The molecule has 6 heteroatoms. The number of benzene rings is 1. The van der Waals surface area contributed by atoms with Crippen LogP contribution in [-0.4, -0.2) is 28.6 Å². The maximum atomic E-state index is 12.6. The first-order valence-corrected chi connectivity index (χ1v) is 11.0. The standard InChI is InChI=1S/C23H28N4OS/c1-4-26-13-10-18-19(22(29-21(18)15-26)27-11-5-6-12-27)14-24-23(28)25-20-9-7-8-16(2)17(20)3/h5-9,11-12H,4,10,13-15H2,1-3H3,(H2,24,25,28). The highest BCUT2D eigenvalue weighted by molar-refractivity contribution is 7.14. The van der Waals surface area contributed by atoms with E-state index in [1.807, 2.05) is 42.5 Å². The van der Waals surface area contributed by atoms with Gasteiger partial charge in [-0.2, -0.15) is 0 Å². The number of hydrogen-bond acceptors (Lipinski definition) is 3. The fourth-order valence-corrected chi connectivity index (χ4v) is 5.23. The molecule has 2 N–H and O–H groups in total. The Morgan fingerprint density at radius 1 is 1.17 bits per heavy atom. The maximum Gasteiger partial charge on any atom is 0.319 e. The molecular formula is C23H28N4OS. The first kappa shape index (κ1) is 19.7. The summed E-state index contributed by atoms with van der Waals surface area (Å²) in [7, 11) is 0. The molecule has 5 nitrogen and oxygen atoms in total. The predicted molar refractivity (Wildman–Crippen MR) is 120 cm³/mol. The Bertz CT molecular complexity index is 1010. The van der Waals surface area contributed by atoms with E-state index >= 15 is 0 Å². The Labute approximate surface area is 176 Å². The molecule has 29 heavy (non-hydrogen) atoms. The number of nitrogens with zero attached hydrogens (tertiary/aromatic N) is 2. The van der Waals surface area contributed by atoms with Gasteiger partial charge in [0.1, 0.15) is 5.00 Å². The van der Waals surface area contributed by atoms with Crippen molar-refractivity contribution in [1.82, 2.24) is 14.8 Å². The number of anilines is 1. The summed E-state index contributed by atoms with van der Waals surface area (Å²) in [6.45, 7) is 9.98. The van der Waals surface area contributed by atoms with Crippen molar-refractivity contribution in [2.75, 3.05) is 18.4 Å². The van der Waals surface area contributed by atoms with Crippen LogP contribution in [0.1, 0.15) is 34.1 Å². The van der Waals surface area contributed by atoms with Crippen LogP contribution in [0.2, 0.25) is 0 Å². The third-order valence-electron chi connectivity index (χ3n) is 5.79. The molecule has 0 saturated carbocycles. The molecule has 0 spiro atoms. The van der Waals surface area contributed by atoms with Crippen LogP contribution in [0, 0.1) is 13.8 Å². The largest absolute Gasteiger partial charge is 0.334 e. The van der Waals surface area contributed by atoms with Crippen LogP contribution in [0.5, 0.6) is 0 Å². The highest BCUT2D eigenvalue weighted by atomic mass is 32.1. The third-order valence-corrected chi connectivity index (χ3v) is 7.06. The van der Waals surface area contributed by atoms with Gasteiger partial charge in [-0.15, -0.1) is 11.3 Å². The summed E-state index contributed by atoms with van der Waals surface area (Å²) >= 11 is 1.85. The molecule has 0 unspecified atom stereocenters. The number of aryl methyl sites for hydroxylation is 1. The Balaban J connectivity index is 1.54. The van der Waals surface area contributed by atoms with Gasteiger partial charge < -0.3 is 15.2 Å². The van der Waals surface area contributed by atoms with Crippen LogP contribution in [0.15, 0.2) is 42.7 Å². The van der Waals surface area contributed by atoms with E-state index in [1.165, 1.54) is 26.6 Å². The molecule has 0 bridgehead atoms. The second kappa shape index (κ2) is 8.43. The number of nitrogens with one attached hydrogen (secondary N) is 2. The SMILES string of the molecule is CCN1CCc2c(sc(-n3cccc3)c2CNC(=O)Nc2cccc(C)c2C)C1. The molecular weight excluding hydrogens is 380 g/mol. The molecule has 0 fully saturated rings. The number of fused-ring (bicyclic) bond motifs is 1. The molecule has 0 saturated heterocycles. The maximum absolute atomic E-state index is 12.6. The number of carbonyl (C=O) groups is 1. The van der Waals surface area contributed by atoms with E-state index in [9.17, 15) is 4.79 Å². The lowest BCUT2D eigenvalue weighted by molar-refractivity contribution is 0.251. The highest BCUT2D eigenvalue weighted by Gasteiger charge is 2.24. The third kappa shape index (κ3) is 4.09. The summed E-state index contributed by atoms with van der Waals surface area (Å²) in [6, 6.07) is 9.89. The average Bonchev–Trinajstić information content (AvgIpc) is 3.37. The molecule has 2 amide bonds. The van der Waals surface area contributed by atoms with Crippen molar-refractivity contribution in [2.45, 2.75) is 40.3 Å². The number of hydrogen-bond donors (Lipinski definition) is 2. The van der Waals surface area contributed by atoms with Gasteiger partial charge in [0.05, 0.1) is 0 Å². The van der Waals surface area contributed by atoms with Crippen molar-refractivity contribution >= 4 is 23.1 Å². The minimum Gasteiger partial charge on any atom is -0.334 e. The first-order valence-electron chi connectivity index (χ1n) is 10.2. The molecule has 0 radical (unpaired) electrons. The van der Waals surface area contributed by atoms with E-state index in [2.05, 4.69) is 52.4 Å². The second-order valence-electron chi connectivity index (χ2n) is 7.55. The van der Waals surface area contributed by atoms with Crippen molar-refractivity contribution in [2.24, 2.45) is 0 Å². The molecule has 0 aliphatic carbocycles. The van der Waals surface area contributed by atoms with Crippen LogP contribution < -0.4 is 10.6 Å². The van der Waals surface area contributed by atoms with E-state index in [0.29, 0.717) is 6.54 Å². The Hall–Kier alpha value is -2.57. The molecule has 1 aliphatic rings. The van der Waals surface area contributed by atoms with Gasteiger partial charge in [-0.3, -0.25) is 4.90 Å². The van der Waals surface area contributed by atoms with E-state index in [0.717, 1.165) is 37.3 Å². The number of amides is 2. The summed E-state index contributed by atoms with van der Waals surface area (Å²) in [5.41, 5.74) is 5.79. The molecule has 152 valence electrons. The zero-order valence-electron chi connectivity index (χ0n) is 17.3. The summed E-state index contributed by atoms with van der Waals surface area (Å²) in [5, 5.41) is 7.30. The fraction of sp³-hybridized carbons (Fsp3) is 0.348. The lowest BCUT2D eigenvalue weighted by Gasteiger charge is -2.25. The summed E-state index contributed by atoms with van der Waals surface area (Å²) in [4.78, 5) is 16.5. The lowest BCUT2D eigenvalue weighted by atomic mass is 10.0. The van der Waals surface area contributed by atoms with E-state index in [4.69, 9.17) is 0 Å². The van der Waals surface area contributed by atoms with Gasteiger partial charge in [0, 0.05) is 48.2 Å². The number of aromatic nitrogens is 1. The molecule has 0 atom stereocenters. The topological polar surface area (TPSA) is 49.3 Å². The summed E-state index contributed by atoms with van der Waals surface area (Å²) < 4.78 is 2.17. The minimum absolute atomic E-state index is 0.164. The van der Waals surface area contributed by atoms with E-state index in [1.54, 1.807) is 0 Å². The van der Waals surface area contributed by atoms with Crippen LogP contribution in [0.4, 0.5) is 10.5 Å². The zero-order valence-corrected chi connectivity index (χ0v) is 18.1. The van der Waals surface area contributed by atoms with Crippen molar-refractivity contribution in [3.8, 4) is 5.00 Å². The van der Waals surface area contributed by atoms with Crippen LogP contribution in [0.3, 0.4) is 0 Å². The van der Waals surface area contributed by atoms with Gasteiger partial charge in [-0.25, -0.2) is 4.79 Å². The number of thiophene rings is 1. The monoisotopic (exact) mass is 408 g/mol. The predicted octanol–water partition coefficient (Wildman–Crippen LogP) is 4.86. The minimum atomic E-state index is -0.164. The quantitative estimate of drug-likeness (QED) is 0.634. The number of carbonyl (C=O) groups excluding carboxylic acids is 1. The van der Waals surface area contributed by atoms with Crippen LogP contribution >= 0.6 is 11.3 Å². The Morgan fingerprint density at radius 3 is 2.72 bits per heavy atom. The lowest BCUT2D eigenvalue weighted by Crippen LogP contribution is -2.31. The molecule has 1 aromatic carbocycles. The normalized spacial score (nSPS) is 13.9. The van der Waals surface area contributed by atoms with Gasteiger partial charge in [-0.1, -0.05) is 19.1 Å². The summed E-state index contributed by atoms with van der Waals surface area (Å²) in [5.74, 6) is 0. The van der Waals surface area contributed by atoms with E-state index in [-0.39, 0.29) is 6.03 Å².